The Balaban J connectivity index is 1.98. The number of hydrogen-bond donors (Lipinski definition) is 3. The van der Waals surface area contributed by atoms with Gasteiger partial charge in [0.05, 0.1) is 18.0 Å². The number of phenols is 1. The highest BCUT2D eigenvalue weighted by atomic mass is 16.5. The number of nitrogens with one attached hydrogen (secondary N) is 1. The van der Waals surface area contributed by atoms with Crippen molar-refractivity contribution in [2.75, 3.05) is 12.4 Å². The molecule has 1 aromatic heterocycles. The van der Waals surface area contributed by atoms with Crippen molar-refractivity contribution in [1.29, 1.82) is 0 Å². The molecule has 0 fully saturated rings. The van der Waals surface area contributed by atoms with Crippen molar-refractivity contribution < 1.29 is 19.4 Å². The summed E-state index contributed by atoms with van der Waals surface area (Å²) in [4.78, 5) is 19.1. The van der Waals surface area contributed by atoms with E-state index in [1.165, 1.54) is 19.5 Å². The van der Waals surface area contributed by atoms with Crippen LogP contribution in [-0.2, 0) is 0 Å². The number of phenolic OH excluding ortho intramolecular Hbond substituents is 1. The summed E-state index contributed by atoms with van der Waals surface area (Å²) in [7, 11) is 1.46. The minimum absolute atomic E-state index is 0.0474. The van der Waals surface area contributed by atoms with Gasteiger partial charge in [0.15, 0.2) is 11.5 Å². The number of rotatable bonds is 4. The third-order valence-corrected chi connectivity index (χ3v) is 3.22. The first kappa shape index (κ1) is 15.3. The van der Waals surface area contributed by atoms with Gasteiger partial charge >= 0.3 is 6.03 Å². The number of anilines is 1. The van der Waals surface area contributed by atoms with E-state index >= 15 is 0 Å². The number of aromatic hydroxyl groups is 1. The van der Waals surface area contributed by atoms with Crippen LogP contribution in [0.15, 0.2) is 42.7 Å². The van der Waals surface area contributed by atoms with E-state index < -0.39 is 6.03 Å². The molecule has 0 saturated carbocycles. The van der Waals surface area contributed by atoms with Crippen LogP contribution in [0, 0.1) is 0 Å². The van der Waals surface area contributed by atoms with Crippen molar-refractivity contribution >= 4 is 22.6 Å². The summed E-state index contributed by atoms with van der Waals surface area (Å²) in [6.07, 6.45) is 1.35. The van der Waals surface area contributed by atoms with Crippen LogP contribution in [-0.4, -0.2) is 28.2 Å². The van der Waals surface area contributed by atoms with Crippen LogP contribution in [0.1, 0.15) is 0 Å². The van der Waals surface area contributed by atoms with Gasteiger partial charge in [-0.05, 0) is 18.2 Å². The molecule has 0 unspecified atom stereocenters. The smallest absolute Gasteiger partial charge is 0.316 e. The van der Waals surface area contributed by atoms with Crippen molar-refractivity contribution in [3.05, 3.63) is 42.7 Å². The number of methoxy groups -OCH3 is 1. The van der Waals surface area contributed by atoms with Gasteiger partial charge in [-0.25, -0.2) is 14.8 Å². The maximum atomic E-state index is 10.9. The molecule has 24 heavy (non-hydrogen) atoms. The average Bonchev–Trinajstić information content (AvgIpc) is 2.54. The molecule has 3 rings (SSSR count). The fourth-order valence-corrected chi connectivity index (χ4v) is 2.18. The normalized spacial score (nSPS) is 10.4. The van der Waals surface area contributed by atoms with E-state index in [2.05, 4.69) is 15.3 Å². The van der Waals surface area contributed by atoms with Crippen molar-refractivity contribution in [3.63, 3.8) is 0 Å². The Labute approximate surface area is 136 Å². The lowest BCUT2D eigenvalue weighted by Gasteiger charge is -2.10. The maximum absolute atomic E-state index is 10.9. The van der Waals surface area contributed by atoms with Crippen LogP contribution in [0.5, 0.6) is 23.1 Å². The van der Waals surface area contributed by atoms with E-state index in [4.69, 9.17) is 15.2 Å². The fraction of sp³-hybridized carbons (Fsp3) is 0.0625. The number of benzene rings is 2. The topological polar surface area (TPSA) is 120 Å². The number of amides is 2. The van der Waals surface area contributed by atoms with E-state index in [0.717, 1.165) is 0 Å². The van der Waals surface area contributed by atoms with E-state index in [1.54, 1.807) is 30.3 Å². The number of fused-ring (bicyclic) bond motifs is 1. The molecule has 2 amide bonds. The van der Waals surface area contributed by atoms with Gasteiger partial charge in [0, 0.05) is 17.8 Å². The van der Waals surface area contributed by atoms with Crippen molar-refractivity contribution in [3.8, 4) is 23.1 Å². The zero-order chi connectivity index (χ0) is 17.1. The lowest BCUT2D eigenvalue weighted by atomic mass is 10.2. The molecule has 8 nitrogen and oxygen atoms in total. The van der Waals surface area contributed by atoms with Crippen LogP contribution in [0.25, 0.3) is 10.9 Å². The van der Waals surface area contributed by atoms with Crippen LogP contribution in [0.3, 0.4) is 0 Å². The highest BCUT2D eigenvalue weighted by Crippen LogP contribution is 2.35. The van der Waals surface area contributed by atoms with Crippen LogP contribution in [0.4, 0.5) is 10.5 Å². The van der Waals surface area contributed by atoms with Crippen LogP contribution >= 0.6 is 0 Å². The largest absolute Gasteiger partial charge is 0.504 e. The molecule has 0 aliphatic heterocycles. The Bertz CT molecular complexity index is 914. The zero-order valence-electron chi connectivity index (χ0n) is 12.7. The standard InChI is InChI=1S/C16H14N4O4/c1-23-14-7-12-11(6-13(14)21)15(19-8-18-12)24-10-4-2-3-9(5-10)20-16(17)22/h2-8,21H,1H3,(H3,17,20,22). The van der Waals surface area contributed by atoms with Gasteiger partial charge < -0.3 is 25.6 Å². The number of nitrogens with two attached hydrogens (primary N) is 1. The molecule has 0 bridgehead atoms. The second kappa shape index (κ2) is 6.29. The number of ether oxygens (including phenoxy) is 2. The van der Waals surface area contributed by atoms with Gasteiger partial charge in [-0.3, -0.25) is 0 Å². The molecule has 0 atom stereocenters. The fourth-order valence-electron chi connectivity index (χ4n) is 2.18. The third-order valence-electron chi connectivity index (χ3n) is 3.22. The molecular weight excluding hydrogens is 312 g/mol. The molecule has 0 saturated heterocycles. The summed E-state index contributed by atoms with van der Waals surface area (Å²) in [6, 6.07) is 9.05. The maximum Gasteiger partial charge on any atom is 0.316 e. The van der Waals surface area contributed by atoms with Gasteiger partial charge in [0.2, 0.25) is 5.88 Å². The zero-order valence-corrected chi connectivity index (χ0v) is 12.7. The Morgan fingerprint density at radius 2 is 2.08 bits per heavy atom. The molecule has 2 aromatic carbocycles. The molecule has 0 aliphatic rings. The minimum atomic E-state index is -0.670. The number of primary amides is 1. The number of carbonyl (C=O) groups is 1. The lowest BCUT2D eigenvalue weighted by Crippen LogP contribution is -2.19. The average molecular weight is 326 g/mol. The van der Waals surface area contributed by atoms with E-state index in [0.29, 0.717) is 28.1 Å². The monoisotopic (exact) mass is 326 g/mol. The Kier molecular flexibility index (Phi) is 4.02. The van der Waals surface area contributed by atoms with Crippen molar-refractivity contribution in [1.82, 2.24) is 9.97 Å². The number of urea groups is 1. The van der Waals surface area contributed by atoms with E-state index in [1.807, 2.05) is 0 Å². The minimum Gasteiger partial charge on any atom is -0.504 e. The SMILES string of the molecule is COc1cc2ncnc(Oc3cccc(NC(N)=O)c3)c2cc1O. The molecular formula is C16H14N4O4. The Morgan fingerprint density at radius 3 is 2.83 bits per heavy atom. The molecule has 1 heterocycles. The van der Waals surface area contributed by atoms with Crippen LogP contribution in [0.2, 0.25) is 0 Å². The Hall–Kier alpha value is -3.55. The summed E-state index contributed by atoms with van der Waals surface area (Å²) >= 11 is 0. The second-order valence-electron chi connectivity index (χ2n) is 4.84. The summed E-state index contributed by atoms with van der Waals surface area (Å²) < 4.78 is 10.8. The molecule has 0 aliphatic carbocycles. The highest BCUT2D eigenvalue weighted by Gasteiger charge is 2.11. The van der Waals surface area contributed by atoms with Gasteiger partial charge in [-0.1, -0.05) is 6.07 Å². The highest BCUT2D eigenvalue weighted by molar-refractivity contribution is 5.88. The summed E-state index contributed by atoms with van der Waals surface area (Å²) in [5.41, 5.74) is 6.14. The quantitative estimate of drug-likeness (QED) is 0.678. The molecule has 0 spiro atoms. The Morgan fingerprint density at radius 1 is 1.25 bits per heavy atom. The van der Waals surface area contributed by atoms with E-state index in [9.17, 15) is 9.90 Å². The van der Waals surface area contributed by atoms with Gasteiger partial charge in [-0.2, -0.15) is 0 Å². The van der Waals surface area contributed by atoms with Gasteiger partial charge in [0.1, 0.15) is 12.1 Å². The summed E-state index contributed by atoms with van der Waals surface area (Å²) in [5.74, 6) is 0.958. The third kappa shape index (κ3) is 3.12. The molecule has 8 heteroatoms. The molecule has 3 aromatic rings. The van der Waals surface area contributed by atoms with E-state index in [-0.39, 0.29) is 11.6 Å². The number of nitrogens with zero attached hydrogens (tertiary/aromatic N) is 2. The van der Waals surface area contributed by atoms with Crippen molar-refractivity contribution in [2.45, 2.75) is 0 Å². The van der Waals surface area contributed by atoms with Gasteiger partial charge in [0.25, 0.3) is 0 Å². The first-order chi connectivity index (χ1) is 11.6. The molecule has 122 valence electrons. The summed E-state index contributed by atoms with van der Waals surface area (Å²) in [6.45, 7) is 0. The van der Waals surface area contributed by atoms with Crippen molar-refractivity contribution in [2.24, 2.45) is 5.73 Å². The number of aromatic nitrogens is 2. The summed E-state index contributed by atoms with van der Waals surface area (Å²) in [5, 5.41) is 12.9. The number of hydrogen-bond acceptors (Lipinski definition) is 6. The molecule has 0 radical (unpaired) electrons. The second-order valence-corrected chi connectivity index (χ2v) is 4.84. The first-order valence-corrected chi connectivity index (χ1v) is 6.93. The lowest BCUT2D eigenvalue weighted by molar-refractivity contribution is 0.259. The number of carbonyl (C=O) groups excluding carboxylic acids is 1. The predicted molar refractivity (Wildman–Crippen MR) is 87.5 cm³/mol. The predicted octanol–water partition coefficient (Wildman–Crippen LogP) is 2.63. The molecule has 4 N–H and O–H groups in total. The first-order valence-electron chi connectivity index (χ1n) is 6.93. The van der Waals surface area contributed by atoms with Crippen LogP contribution < -0.4 is 20.5 Å². The van der Waals surface area contributed by atoms with Gasteiger partial charge in [-0.15, -0.1) is 0 Å².